The summed E-state index contributed by atoms with van der Waals surface area (Å²) in [5.41, 5.74) is 2.16. The molecule has 2 aromatic rings. The summed E-state index contributed by atoms with van der Waals surface area (Å²) in [6, 6.07) is 0. The van der Waals surface area contributed by atoms with Crippen LogP contribution >= 0.6 is 11.3 Å². The molecule has 23 heavy (non-hydrogen) atoms. The molecular formula is C16H22N4O2S. The number of aromatic amines is 1. The van der Waals surface area contributed by atoms with Crippen LogP contribution in [-0.2, 0) is 22.6 Å². The second kappa shape index (κ2) is 6.32. The largest absolute Gasteiger partial charge is 0.371 e. The SMILES string of the molecule is Cc1nc(CO[C@H]2CO[C@@]3(CCN(Cc4cnc[nH]4)C3)C2)cs1. The van der Waals surface area contributed by atoms with Crippen LogP contribution in [0, 0.1) is 6.92 Å². The second-order valence-electron chi connectivity index (χ2n) is 6.53. The first-order chi connectivity index (χ1) is 11.2. The van der Waals surface area contributed by atoms with Crippen molar-refractivity contribution in [1.82, 2.24) is 19.9 Å². The van der Waals surface area contributed by atoms with E-state index >= 15 is 0 Å². The summed E-state index contributed by atoms with van der Waals surface area (Å²) in [6.07, 6.45) is 5.87. The Bertz CT molecular complexity index is 644. The number of hydrogen-bond donors (Lipinski definition) is 1. The van der Waals surface area contributed by atoms with E-state index < -0.39 is 0 Å². The Labute approximate surface area is 139 Å². The van der Waals surface area contributed by atoms with Gasteiger partial charge in [-0.05, 0) is 13.3 Å². The highest BCUT2D eigenvalue weighted by atomic mass is 32.1. The van der Waals surface area contributed by atoms with Gasteiger partial charge in [-0.3, -0.25) is 4.90 Å². The van der Waals surface area contributed by atoms with Crippen molar-refractivity contribution < 1.29 is 9.47 Å². The third-order valence-electron chi connectivity index (χ3n) is 4.65. The zero-order valence-corrected chi connectivity index (χ0v) is 14.1. The van der Waals surface area contributed by atoms with Gasteiger partial charge < -0.3 is 14.5 Å². The number of likely N-dealkylation sites (tertiary alicyclic amines) is 1. The highest BCUT2D eigenvalue weighted by Gasteiger charge is 2.45. The van der Waals surface area contributed by atoms with Crippen molar-refractivity contribution in [2.24, 2.45) is 0 Å². The second-order valence-corrected chi connectivity index (χ2v) is 7.59. The lowest BCUT2D eigenvalue weighted by Crippen LogP contribution is -2.33. The molecule has 0 amide bonds. The molecule has 0 bridgehead atoms. The maximum Gasteiger partial charge on any atom is 0.0922 e. The van der Waals surface area contributed by atoms with Gasteiger partial charge in [0.1, 0.15) is 0 Å². The Hall–Kier alpha value is -1.28. The number of aromatic nitrogens is 3. The molecule has 2 atom stereocenters. The fourth-order valence-electron chi connectivity index (χ4n) is 3.55. The molecule has 4 heterocycles. The van der Waals surface area contributed by atoms with Crippen LogP contribution in [0.2, 0.25) is 0 Å². The molecule has 0 saturated carbocycles. The fraction of sp³-hybridized carbons (Fsp3) is 0.625. The number of aryl methyl sites for hydroxylation is 1. The number of rotatable bonds is 5. The van der Waals surface area contributed by atoms with Gasteiger partial charge in [-0.15, -0.1) is 11.3 Å². The van der Waals surface area contributed by atoms with E-state index in [1.165, 1.54) is 0 Å². The third-order valence-corrected chi connectivity index (χ3v) is 5.48. The smallest absolute Gasteiger partial charge is 0.0922 e. The third kappa shape index (κ3) is 3.47. The van der Waals surface area contributed by atoms with Crippen molar-refractivity contribution in [2.45, 2.75) is 44.6 Å². The topological polar surface area (TPSA) is 63.3 Å². The van der Waals surface area contributed by atoms with Gasteiger partial charge in [0.15, 0.2) is 0 Å². The van der Waals surface area contributed by atoms with E-state index in [4.69, 9.17) is 9.47 Å². The first kappa shape index (κ1) is 15.3. The first-order valence-corrected chi connectivity index (χ1v) is 8.95. The molecular weight excluding hydrogens is 312 g/mol. The molecule has 124 valence electrons. The number of nitrogens with one attached hydrogen (secondary N) is 1. The molecule has 1 N–H and O–H groups in total. The van der Waals surface area contributed by atoms with Crippen molar-refractivity contribution >= 4 is 11.3 Å². The highest BCUT2D eigenvalue weighted by Crippen LogP contribution is 2.36. The van der Waals surface area contributed by atoms with Crippen LogP contribution in [0.15, 0.2) is 17.9 Å². The van der Waals surface area contributed by atoms with Crippen molar-refractivity contribution in [3.8, 4) is 0 Å². The molecule has 0 aliphatic carbocycles. The molecule has 2 aliphatic heterocycles. The Morgan fingerprint density at radius 2 is 2.52 bits per heavy atom. The summed E-state index contributed by atoms with van der Waals surface area (Å²) < 4.78 is 12.2. The molecule has 1 spiro atoms. The Morgan fingerprint density at radius 1 is 1.57 bits per heavy atom. The lowest BCUT2D eigenvalue weighted by atomic mass is 9.98. The summed E-state index contributed by atoms with van der Waals surface area (Å²) in [7, 11) is 0. The lowest BCUT2D eigenvalue weighted by Gasteiger charge is -2.23. The van der Waals surface area contributed by atoms with E-state index in [0.717, 1.165) is 48.9 Å². The van der Waals surface area contributed by atoms with Gasteiger partial charge >= 0.3 is 0 Å². The fourth-order valence-corrected chi connectivity index (χ4v) is 4.14. The van der Waals surface area contributed by atoms with Crippen LogP contribution in [-0.4, -0.2) is 51.3 Å². The average molecular weight is 334 g/mol. The van der Waals surface area contributed by atoms with Gasteiger partial charge in [-0.2, -0.15) is 0 Å². The van der Waals surface area contributed by atoms with Crippen LogP contribution in [0.5, 0.6) is 0 Å². The van der Waals surface area contributed by atoms with Crippen molar-refractivity contribution in [2.75, 3.05) is 19.7 Å². The average Bonchev–Trinajstić information content (AvgIpc) is 3.29. The van der Waals surface area contributed by atoms with Gasteiger partial charge in [0, 0.05) is 43.3 Å². The molecule has 2 saturated heterocycles. The molecule has 2 aromatic heterocycles. The predicted molar refractivity (Wildman–Crippen MR) is 87.2 cm³/mol. The molecule has 2 fully saturated rings. The molecule has 0 radical (unpaired) electrons. The summed E-state index contributed by atoms with van der Waals surface area (Å²) in [4.78, 5) is 14.1. The highest BCUT2D eigenvalue weighted by molar-refractivity contribution is 7.09. The molecule has 6 nitrogen and oxygen atoms in total. The number of H-pyrrole nitrogens is 1. The number of nitrogens with zero attached hydrogens (tertiary/aromatic N) is 3. The summed E-state index contributed by atoms with van der Waals surface area (Å²) in [5, 5.41) is 3.16. The monoisotopic (exact) mass is 334 g/mol. The summed E-state index contributed by atoms with van der Waals surface area (Å²) >= 11 is 1.67. The van der Waals surface area contributed by atoms with Crippen molar-refractivity contribution in [3.63, 3.8) is 0 Å². The minimum Gasteiger partial charge on any atom is -0.371 e. The van der Waals surface area contributed by atoms with Crippen LogP contribution in [0.1, 0.15) is 29.2 Å². The van der Waals surface area contributed by atoms with Crippen molar-refractivity contribution in [3.05, 3.63) is 34.3 Å². The summed E-state index contributed by atoms with van der Waals surface area (Å²) in [6.45, 7) is 6.26. The van der Waals surface area contributed by atoms with Crippen LogP contribution in [0.4, 0.5) is 0 Å². The molecule has 0 aromatic carbocycles. The van der Waals surface area contributed by atoms with Gasteiger partial charge in [-0.1, -0.05) is 0 Å². The zero-order chi connectivity index (χ0) is 15.7. The number of imidazole rings is 1. The van der Waals surface area contributed by atoms with Crippen LogP contribution in [0.3, 0.4) is 0 Å². The van der Waals surface area contributed by atoms with Gasteiger partial charge in [0.25, 0.3) is 0 Å². The quantitative estimate of drug-likeness (QED) is 0.907. The zero-order valence-electron chi connectivity index (χ0n) is 13.3. The van der Waals surface area contributed by atoms with Gasteiger partial charge in [0.05, 0.1) is 41.9 Å². The van der Waals surface area contributed by atoms with Crippen molar-refractivity contribution in [1.29, 1.82) is 0 Å². The summed E-state index contributed by atoms with van der Waals surface area (Å²) in [5.74, 6) is 0. The molecule has 0 unspecified atom stereocenters. The van der Waals surface area contributed by atoms with E-state index in [9.17, 15) is 0 Å². The van der Waals surface area contributed by atoms with Gasteiger partial charge in [0.2, 0.25) is 0 Å². The molecule has 2 aliphatic rings. The first-order valence-electron chi connectivity index (χ1n) is 8.07. The maximum atomic E-state index is 6.15. The Morgan fingerprint density at radius 3 is 3.30 bits per heavy atom. The van der Waals surface area contributed by atoms with E-state index in [1.807, 2.05) is 13.1 Å². The standard InChI is InChI=1S/C16H22N4O2S/c1-12-19-14(9-23-12)7-21-15-4-16(22-8-15)2-3-20(10-16)6-13-5-17-11-18-13/h5,9,11,15H,2-4,6-8,10H2,1H3,(H,17,18)/t15-,16+/m1/s1. The van der Waals surface area contributed by atoms with Crippen LogP contribution < -0.4 is 0 Å². The Kier molecular flexibility index (Phi) is 4.19. The van der Waals surface area contributed by atoms with Crippen LogP contribution in [0.25, 0.3) is 0 Å². The van der Waals surface area contributed by atoms with E-state index in [2.05, 4.69) is 25.2 Å². The maximum absolute atomic E-state index is 6.15. The van der Waals surface area contributed by atoms with E-state index in [-0.39, 0.29) is 11.7 Å². The number of hydrogen-bond acceptors (Lipinski definition) is 6. The minimum absolute atomic E-state index is 0.0251. The van der Waals surface area contributed by atoms with E-state index in [0.29, 0.717) is 13.2 Å². The normalized spacial score (nSPS) is 28.1. The van der Waals surface area contributed by atoms with E-state index in [1.54, 1.807) is 17.7 Å². The number of ether oxygens (including phenoxy) is 2. The number of thiazole rings is 1. The Balaban J connectivity index is 1.28. The van der Waals surface area contributed by atoms with Gasteiger partial charge in [-0.25, -0.2) is 9.97 Å². The lowest BCUT2D eigenvalue weighted by molar-refractivity contribution is -0.000792. The molecule has 4 rings (SSSR count). The predicted octanol–water partition coefficient (Wildman–Crippen LogP) is 2.12. The minimum atomic E-state index is -0.0251. The molecule has 7 heteroatoms.